The van der Waals surface area contributed by atoms with E-state index in [0.717, 1.165) is 26.7 Å². The number of carbonyl (C=O) groups is 1. The molecule has 0 fully saturated rings. The van der Waals surface area contributed by atoms with Gasteiger partial charge in [-0.15, -0.1) is 0 Å². The second-order valence-corrected chi connectivity index (χ2v) is 6.62. The van der Waals surface area contributed by atoms with E-state index in [1.165, 1.54) is 0 Å². The van der Waals surface area contributed by atoms with Gasteiger partial charge >= 0.3 is 0 Å². The summed E-state index contributed by atoms with van der Waals surface area (Å²) < 4.78 is 12.0. The molecule has 3 aromatic rings. The van der Waals surface area contributed by atoms with Crippen LogP contribution < -0.4 is 4.74 Å². The van der Waals surface area contributed by atoms with Crippen molar-refractivity contribution in [2.45, 2.75) is 13.5 Å². The second kappa shape index (κ2) is 6.69. The maximum atomic E-state index is 12.8. The Hall–Kier alpha value is -2.27. The van der Waals surface area contributed by atoms with Gasteiger partial charge in [-0.25, -0.2) is 0 Å². The molecule has 0 aliphatic carbocycles. The predicted octanol–water partition coefficient (Wildman–Crippen LogP) is 4.78. The van der Waals surface area contributed by atoms with Crippen LogP contribution in [0.15, 0.2) is 51.4 Å². The van der Waals surface area contributed by atoms with E-state index in [1.807, 2.05) is 49.4 Å². The SMILES string of the molecule is COc1ccc2oc(C(=O)N(C)Cc3ccc(Br)cc3)c(C)c2c1. The predicted molar refractivity (Wildman–Crippen MR) is 97.4 cm³/mol. The first-order chi connectivity index (χ1) is 11.5. The van der Waals surface area contributed by atoms with Gasteiger partial charge in [0.15, 0.2) is 5.76 Å². The van der Waals surface area contributed by atoms with E-state index in [-0.39, 0.29) is 5.91 Å². The van der Waals surface area contributed by atoms with Crippen LogP contribution in [0.1, 0.15) is 21.7 Å². The van der Waals surface area contributed by atoms with Crippen LogP contribution in [0.25, 0.3) is 11.0 Å². The maximum Gasteiger partial charge on any atom is 0.289 e. The van der Waals surface area contributed by atoms with Crippen LogP contribution in [0.2, 0.25) is 0 Å². The van der Waals surface area contributed by atoms with Crippen molar-refractivity contribution in [3.05, 3.63) is 63.8 Å². The highest BCUT2D eigenvalue weighted by molar-refractivity contribution is 9.10. The van der Waals surface area contributed by atoms with E-state index >= 15 is 0 Å². The summed E-state index contributed by atoms with van der Waals surface area (Å²) in [4.78, 5) is 14.4. The van der Waals surface area contributed by atoms with Crippen LogP contribution in [-0.4, -0.2) is 25.0 Å². The van der Waals surface area contributed by atoms with Gasteiger partial charge in [0.25, 0.3) is 5.91 Å². The molecule has 1 aromatic heterocycles. The van der Waals surface area contributed by atoms with Crippen molar-refractivity contribution in [3.63, 3.8) is 0 Å². The second-order valence-electron chi connectivity index (χ2n) is 5.71. The van der Waals surface area contributed by atoms with Crippen LogP contribution in [0, 0.1) is 6.92 Å². The Labute approximate surface area is 149 Å². The quantitative estimate of drug-likeness (QED) is 0.646. The molecule has 0 aliphatic heterocycles. The third kappa shape index (κ3) is 3.17. The van der Waals surface area contributed by atoms with Crippen molar-refractivity contribution in [1.29, 1.82) is 0 Å². The molecule has 5 heteroatoms. The Bertz CT molecular complexity index is 884. The van der Waals surface area contributed by atoms with Crippen molar-refractivity contribution < 1.29 is 13.9 Å². The fourth-order valence-corrected chi connectivity index (χ4v) is 2.90. The van der Waals surface area contributed by atoms with Gasteiger partial charge in [-0.1, -0.05) is 28.1 Å². The number of benzene rings is 2. The molecule has 0 N–H and O–H groups in total. The third-order valence-electron chi connectivity index (χ3n) is 4.02. The van der Waals surface area contributed by atoms with Crippen LogP contribution in [0.4, 0.5) is 0 Å². The summed E-state index contributed by atoms with van der Waals surface area (Å²) in [5.74, 6) is 0.983. The Morgan fingerprint density at radius 1 is 1.21 bits per heavy atom. The van der Waals surface area contributed by atoms with Crippen LogP contribution in [0.3, 0.4) is 0 Å². The van der Waals surface area contributed by atoms with Crippen molar-refractivity contribution in [2.24, 2.45) is 0 Å². The number of fused-ring (bicyclic) bond motifs is 1. The summed E-state index contributed by atoms with van der Waals surface area (Å²) in [6, 6.07) is 13.4. The number of nitrogens with zero attached hydrogens (tertiary/aromatic N) is 1. The van der Waals surface area contributed by atoms with Gasteiger partial charge < -0.3 is 14.1 Å². The van der Waals surface area contributed by atoms with E-state index in [1.54, 1.807) is 19.1 Å². The van der Waals surface area contributed by atoms with E-state index in [2.05, 4.69) is 15.9 Å². The summed E-state index contributed by atoms with van der Waals surface area (Å²) in [5.41, 5.74) is 2.58. The van der Waals surface area contributed by atoms with E-state index in [0.29, 0.717) is 17.9 Å². The molecule has 0 saturated carbocycles. The lowest BCUT2D eigenvalue weighted by Crippen LogP contribution is -2.26. The number of hydrogen-bond donors (Lipinski definition) is 0. The number of ether oxygens (including phenoxy) is 1. The Morgan fingerprint density at radius 3 is 2.58 bits per heavy atom. The molecule has 0 aliphatic rings. The first-order valence-electron chi connectivity index (χ1n) is 7.56. The van der Waals surface area contributed by atoms with Gasteiger partial charge in [0.05, 0.1) is 7.11 Å². The molecule has 1 amide bonds. The molecule has 24 heavy (non-hydrogen) atoms. The Morgan fingerprint density at radius 2 is 1.92 bits per heavy atom. The summed E-state index contributed by atoms with van der Waals surface area (Å²) in [6.07, 6.45) is 0. The molecule has 1 heterocycles. The highest BCUT2D eigenvalue weighted by atomic mass is 79.9. The number of amides is 1. The molecular formula is C19H18BrNO3. The van der Waals surface area contributed by atoms with E-state index in [9.17, 15) is 4.79 Å². The van der Waals surface area contributed by atoms with Crippen LogP contribution in [0.5, 0.6) is 5.75 Å². The van der Waals surface area contributed by atoms with Crippen molar-refractivity contribution in [3.8, 4) is 5.75 Å². The maximum absolute atomic E-state index is 12.8. The minimum Gasteiger partial charge on any atom is -0.497 e. The minimum atomic E-state index is -0.134. The van der Waals surface area contributed by atoms with Crippen LogP contribution >= 0.6 is 15.9 Å². The smallest absolute Gasteiger partial charge is 0.289 e. The van der Waals surface area contributed by atoms with Crippen molar-refractivity contribution >= 4 is 32.8 Å². The zero-order valence-electron chi connectivity index (χ0n) is 13.8. The van der Waals surface area contributed by atoms with Gasteiger partial charge in [-0.05, 0) is 42.8 Å². The lowest BCUT2D eigenvalue weighted by molar-refractivity contribution is 0.0755. The number of furan rings is 1. The number of carbonyl (C=O) groups excluding carboxylic acids is 1. The molecule has 3 rings (SSSR count). The number of rotatable bonds is 4. The molecule has 2 aromatic carbocycles. The summed E-state index contributed by atoms with van der Waals surface area (Å²) in [6.45, 7) is 2.41. The molecule has 0 unspecified atom stereocenters. The number of halogens is 1. The molecule has 0 spiro atoms. The summed E-state index contributed by atoms with van der Waals surface area (Å²) in [7, 11) is 3.40. The molecular weight excluding hydrogens is 370 g/mol. The average Bonchev–Trinajstić information content (AvgIpc) is 2.92. The zero-order valence-corrected chi connectivity index (χ0v) is 15.4. The van der Waals surface area contributed by atoms with Crippen LogP contribution in [-0.2, 0) is 6.54 Å². The van der Waals surface area contributed by atoms with E-state index in [4.69, 9.17) is 9.15 Å². The highest BCUT2D eigenvalue weighted by Gasteiger charge is 2.21. The summed E-state index contributed by atoms with van der Waals surface area (Å²) >= 11 is 3.41. The first-order valence-corrected chi connectivity index (χ1v) is 8.36. The van der Waals surface area contributed by atoms with Crippen molar-refractivity contribution in [2.75, 3.05) is 14.2 Å². The molecule has 0 atom stereocenters. The Balaban J connectivity index is 1.87. The first kappa shape index (κ1) is 16.6. The highest BCUT2D eigenvalue weighted by Crippen LogP contribution is 2.29. The molecule has 124 valence electrons. The van der Waals surface area contributed by atoms with Gasteiger partial charge in [-0.2, -0.15) is 0 Å². The number of hydrogen-bond acceptors (Lipinski definition) is 3. The largest absolute Gasteiger partial charge is 0.497 e. The lowest BCUT2D eigenvalue weighted by atomic mass is 10.1. The normalized spacial score (nSPS) is 10.8. The topological polar surface area (TPSA) is 42.7 Å². The van der Waals surface area contributed by atoms with Crippen molar-refractivity contribution in [1.82, 2.24) is 4.90 Å². The standard InChI is InChI=1S/C19H18BrNO3/c1-12-16-10-15(23-3)8-9-17(16)24-18(12)19(22)21(2)11-13-4-6-14(20)7-5-13/h4-10H,11H2,1-3H3. The fraction of sp³-hybridized carbons (Fsp3) is 0.211. The molecule has 0 radical (unpaired) electrons. The lowest BCUT2D eigenvalue weighted by Gasteiger charge is -2.16. The number of methoxy groups -OCH3 is 1. The van der Waals surface area contributed by atoms with Gasteiger partial charge in [0.2, 0.25) is 0 Å². The molecule has 0 bridgehead atoms. The molecule has 4 nitrogen and oxygen atoms in total. The minimum absolute atomic E-state index is 0.134. The third-order valence-corrected chi connectivity index (χ3v) is 4.55. The fourth-order valence-electron chi connectivity index (χ4n) is 2.64. The van der Waals surface area contributed by atoms with Gasteiger partial charge in [-0.3, -0.25) is 4.79 Å². The zero-order chi connectivity index (χ0) is 17.3. The Kier molecular flexibility index (Phi) is 4.62. The average molecular weight is 388 g/mol. The van der Waals surface area contributed by atoms with Gasteiger partial charge in [0, 0.05) is 29.0 Å². The van der Waals surface area contributed by atoms with Gasteiger partial charge in [0.1, 0.15) is 11.3 Å². The number of aryl methyl sites for hydroxylation is 1. The monoisotopic (exact) mass is 387 g/mol. The van der Waals surface area contributed by atoms with E-state index < -0.39 is 0 Å². The summed E-state index contributed by atoms with van der Waals surface area (Å²) in [5, 5.41) is 0.898. The molecule has 0 saturated heterocycles.